The molecule has 0 aliphatic heterocycles. The molecule has 5 heteroatoms. The van der Waals surface area contributed by atoms with Gasteiger partial charge in [-0.1, -0.05) is 6.92 Å². The minimum Gasteiger partial charge on any atom is -0.496 e. The minimum atomic E-state index is -1.38. The van der Waals surface area contributed by atoms with E-state index in [2.05, 4.69) is 5.92 Å². The van der Waals surface area contributed by atoms with Gasteiger partial charge in [0.2, 0.25) is 5.79 Å². The van der Waals surface area contributed by atoms with Gasteiger partial charge in [-0.2, -0.15) is 0 Å². The van der Waals surface area contributed by atoms with E-state index in [1.54, 1.807) is 26.4 Å². The van der Waals surface area contributed by atoms with Gasteiger partial charge in [0.25, 0.3) is 0 Å². The molecule has 0 saturated carbocycles. The lowest BCUT2D eigenvalue weighted by atomic mass is 9.91. The summed E-state index contributed by atoms with van der Waals surface area (Å²) in [5, 5.41) is 10.7. The van der Waals surface area contributed by atoms with Gasteiger partial charge in [-0.05, 0) is 25.5 Å². The smallest absolute Gasteiger partial charge is 0.225 e. The summed E-state index contributed by atoms with van der Waals surface area (Å²) in [6, 6.07) is 3.55. The van der Waals surface area contributed by atoms with Crippen LogP contribution in [0, 0.1) is 25.2 Å². The van der Waals surface area contributed by atoms with E-state index in [4.69, 9.17) is 25.4 Å². The van der Waals surface area contributed by atoms with Gasteiger partial charge in [-0.25, -0.2) is 0 Å². The second kappa shape index (κ2) is 8.21. The van der Waals surface area contributed by atoms with Crippen LogP contribution < -0.4 is 9.47 Å². The second-order valence-electron chi connectivity index (χ2n) is 5.37. The molecule has 0 aromatic heterocycles. The molecule has 2 atom stereocenters. The number of rotatable bonds is 8. The summed E-state index contributed by atoms with van der Waals surface area (Å²) in [5.74, 6) is 2.32. The minimum absolute atomic E-state index is 0.125. The van der Waals surface area contributed by atoms with Crippen LogP contribution in [0.1, 0.15) is 24.5 Å². The third-order valence-corrected chi connectivity index (χ3v) is 4.06. The lowest BCUT2D eigenvalue weighted by Crippen LogP contribution is -2.44. The number of benzene rings is 1. The van der Waals surface area contributed by atoms with Gasteiger partial charge in [0.05, 0.1) is 19.8 Å². The van der Waals surface area contributed by atoms with Gasteiger partial charge in [0, 0.05) is 25.7 Å². The van der Waals surface area contributed by atoms with E-state index in [1.807, 2.05) is 13.8 Å². The third-order valence-electron chi connectivity index (χ3n) is 4.06. The normalized spacial score (nSPS) is 14.0. The van der Waals surface area contributed by atoms with Crippen LogP contribution in [0.4, 0.5) is 0 Å². The van der Waals surface area contributed by atoms with Crippen LogP contribution in [0.2, 0.25) is 0 Å². The van der Waals surface area contributed by atoms with Crippen molar-refractivity contribution in [2.75, 3.05) is 28.4 Å². The Hall–Kier alpha value is -1.74. The molecule has 1 N–H and O–H groups in total. The van der Waals surface area contributed by atoms with E-state index >= 15 is 0 Å². The van der Waals surface area contributed by atoms with Crippen molar-refractivity contribution in [3.05, 3.63) is 23.3 Å². The fourth-order valence-corrected chi connectivity index (χ4v) is 2.75. The van der Waals surface area contributed by atoms with Crippen molar-refractivity contribution in [1.82, 2.24) is 0 Å². The zero-order chi connectivity index (χ0) is 17.6. The van der Waals surface area contributed by atoms with Crippen molar-refractivity contribution in [3.8, 4) is 23.8 Å². The molecule has 0 aliphatic carbocycles. The average molecular weight is 322 g/mol. The van der Waals surface area contributed by atoms with Crippen LogP contribution >= 0.6 is 0 Å². The zero-order valence-corrected chi connectivity index (χ0v) is 14.7. The van der Waals surface area contributed by atoms with E-state index in [0.717, 1.165) is 5.56 Å². The number of ether oxygens (including phenoxy) is 4. The predicted molar refractivity (Wildman–Crippen MR) is 88.6 cm³/mol. The second-order valence-corrected chi connectivity index (χ2v) is 5.37. The summed E-state index contributed by atoms with van der Waals surface area (Å²) in [6.07, 6.45) is 4.78. The van der Waals surface area contributed by atoms with Crippen molar-refractivity contribution in [2.24, 2.45) is 5.92 Å². The molecule has 23 heavy (non-hydrogen) atoms. The summed E-state index contributed by atoms with van der Waals surface area (Å²) in [6.45, 7) is 3.73. The van der Waals surface area contributed by atoms with Crippen LogP contribution in [0.25, 0.3) is 0 Å². The highest BCUT2D eigenvalue weighted by atomic mass is 16.7. The number of methoxy groups -OCH3 is 4. The molecule has 0 unspecified atom stereocenters. The van der Waals surface area contributed by atoms with Crippen molar-refractivity contribution in [1.29, 1.82) is 0 Å². The number of aliphatic hydroxyl groups excluding tert-OH is 1. The number of aliphatic hydroxyl groups is 1. The first-order valence-electron chi connectivity index (χ1n) is 7.38. The molecule has 0 aliphatic rings. The summed E-state index contributed by atoms with van der Waals surface area (Å²) in [4.78, 5) is 0. The molecule has 1 aromatic carbocycles. The van der Waals surface area contributed by atoms with E-state index < -0.39 is 11.9 Å². The van der Waals surface area contributed by atoms with Gasteiger partial charge < -0.3 is 24.1 Å². The molecule has 0 radical (unpaired) electrons. The van der Waals surface area contributed by atoms with Gasteiger partial charge in [0.15, 0.2) is 0 Å². The molecule has 1 aromatic rings. The molecule has 128 valence electrons. The number of hydrogen-bond donors (Lipinski definition) is 1. The van der Waals surface area contributed by atoms with Crippen LogP contribution in [-0.4, -0.2) is 39.6 Å². The maximum Gasteiger partial charge on any atom is 0.225 e. The molecule has 0 bridgehead atoms. The topological polar surface area (TPSA) is 57.2 Å². The summed E-state index contributed by atoms with van der Waals surface area (Å²) in [7, 11) is 6.10. The van der Waals surface area contributed by atoms with Crippen LogP contribution in [0.5, 0.6) is 11.5 Å². The van der Waals surface area contributed by atoms with Gasteiger partial charge in [0.1, 0.15) is 17.6 Å². The molecular formula is C18H26O5. The summed E-state index contributed by atoms with van der Waals surface area (Å²) < 4.78 is 22.0. The molecule has 5 nitrogen and oxygen atoms in total. The quantitative estimate of drug-likeness (QED) is 0.588. The molecule has 0 saturated heterocycles. The lowest BCUT2D eigenvalue weighted by molar-refractivity contribution is -0.271. The Bertz CT molecular complexity index is 557. The maximum absolute atomic E-state index is 10.7. The number of terminal acetylenes is 1. The van der Waals surface area contributed by atoms with Gasteiger partial charge in [-0.3, -0.25) is 0 Å². The van der Waals surface area contributed by atoms with Crippen LogP contribution in [0.15, 0.2) is 12.1 Å². The average Bonchev–Trinajstić information content (AvgIpc) is 2.56. The molecule has 1 rings (SSSR count). The molecule has 0 heterocycles. The molecule has 0 fully saturated rings. The third kappa shape index (κ3) is 3.61. The Morgan fingerprint density at radius 3 is 2.22 bits per heavy atom. The Morgan fingerprint density at radius 2 is 1.78 bits per heavy atom. The monoisotopic (exact) mass is 322 g/mol. The molecule has 0 spiro atoms. The summed E-state index contributed by atoms with van der Waals surface area (Å²) >= 11 is 0. The first kappa shape index (κ1) is 19.3. The molecule has 0 amide bonds. The van der Waals surface area contributed by atoms with Crippen molar-refractivity contribution < 1.29 is 24.1 Å². The van der Waals surface area contributed by atoms with Crippen molar-refractivity contribution in [2.45, 2.75) is 32.2 Å². The Kier molecular flexibility index (Phi) is 6.89. The first-order chi connectivity index (χ1) is 10.9. The first-order valence-corrected chi connectivity index (χ1v) is 7.38. The van der Waals surface area contributed by atoms with Crippen LogP contribution in [-0.2, 0) is 15.3 Å². The standard InChI is InChI=1S/C18H26O5/c1-8-12(2)11-16(19)18(22-6,23-7)14-9-10-15(20-4)13(3)17(14)21-5/h1,9-10,12,16,19H,11H2,2-7H3/t12-,16-/m0/s1. The lowest BCUT2D eigenvalue weighted by Gasteiger charge is -2.37. The van der Waals surface area contributed by atoms with E-state index in [-0.39, 0.29) is 5.92 Å². The fraction of sp³-hybridized carbons (Fsp3) is 0.556. The highest BCUT2D eigenvalue weighted by Gasteiger charge is 2.43. The highest BCUT2D eigenvalue weighted by molar-refractivity contribution is 5.51. The summed E-state index contributed by atoms with van der Waals surface area (Å²) in [5.41, 5.74) is 1.38. The van der Waals surface area contributed by atoms with Crippen molar-refractivity contribution >= 4 is 0 Å². The SMILES string of the molecule is C#C[C@H](C)C[C@H](O)C(OC)(OC)c1ccc(OC)c(C)c1OC. The van der Waals surface area contributed by atoms with Gasteiger partial charge in [-0.15, -0.1) is 12.3 Å². The Morgan fingerprint density at radius 1 is 1.17 bits per heavy atom. The Balaban J connectivity index is 3.46. The zero-order valence-electron chi connectivity index (χ0n) is 14.7. The largest absolute Gasteiger partial charge is 0.496 e. The maximum atomic E-state index is 10.7. The highest BCUT2D eigenvalue weighted by Crippen LogP contribution is 2.42. The van der Waals surface area contributed by atoms with E-state index in [0.29, 0.717) is 23.5 Å². The van der Waals surface area contributed by atoms with Crippen LogP contribution in [0.3, 0.4) is 0 Å². The van der Waals surface area contributed by atoms with Crippen molar-refractivity contribution in [3.63, 3.8) is 0 Å². The van der Waals surface area contributed by atoms with E-state index in [9.17, 15) is 5.11 Å². The predicted octanol–water partition coefficient (Wildman–Crippen LogP) is 2.48. The number of hydrogen-bond acceptors (Lipinski definition) is 5. The Labute approximate surface area is 138 Å². The fourth-order valence-electron chi connectivity index (χ4n) is 2.75. The van der Waals surface area contributed by atoms with E-state index in [1.165, 1.54) is 14.2 Å². The molecular weight excluding hydrogens is 296 g/mol. The van der Waals surface area contributed by atoms with Gasteiger partial charge >= 0.3 is 0 Å².